The molecule has 0 bridgehead atoms. The largest absolute Gasteiger partial charge is 0.343 e. The van der Waals surface area contributed by atoms with Crippen LogP contribution in [-0.4, -0.2) is 49.4 Å². The maximum Gasteiger partial charge on any atom is 0.233 e. The third kappa shape index (κ3) is 3.94. The van der Waals surface area contributed by atoms with E-state index in [4.69, 9.17) is 0 Å². The van der Waals surface area contributed by atoms with E-state index in [0.29, 0.717) is 24.0 Å². The molecule has 0 saturated carbocycles. The van der Waals surface area contributed by atoms with Crippen LogP contribution in [0.1, 0.15) is 13.8 Å². The molecule has 0 N–H and O–H groups in total. The molecule has 0 spiro atoms. The Bertz CT molecular complexity index is 847. The Kier molecular flexibility index (Phi) is 6.01. The number of carbonyl (C=O) groups is 1. The van der Waals surface area contributed by atoms with Crippen molar-refractivity contribution in [3.05, 3.63) is 54.9 Å². The Morgan fingerprint density at radius 1 is 1.04 bits per heavy atom. The molecule has 1 aromatic carbocycles. The molecule has 2 aromatic heterocycles. The minimum Gasteiger partial charge on any atom is -0.343 e. The lowest BCUT2D eigenvalue weighted by Gasteiger charge is -2.18. The van der Waals surface area contributed by atoms with Gasteiger partial charge in [-0.25, -0.2) is 0 Å². The molecule has 0 aliphatic heterocycles. The Labute approximate surface area is 157 Å². The lowest BCUT2D eigenvalue weighted by molar-refractivity contribution is -0.127. The number of thioether (sulfide) groups is 1. The Balaban J connectivity index is 1.93. The highest BCUT2D eigenvalue weighted by atomic mass is 32.2. The topological polar surface area (TPSA) is 63.9 Å². The second-order valence-corrected chi connectivity index (χ2v) is 6.51. The first-order chi connectivity index (χ1) is 12.7. The summed E-state index contributed by atoms with van der Waals surface area (Å²) in [5.41, 5.74) is 1.89. The molecular formula is C19H21N5OS. The van der Waals surface area contributed by atoms with Crippen molar-refractivity contribution < 1.29 is 4.79 Å². The fraction of sp³-hybridized carbons (Fsp3) is 0.263. The monoisotopic (exact) mass is 367 g/mol. The van der Waals surface area contributed by atoms with Gasteiger partial charge in [-0.05, 0) is 38.1 Å². The zero-order chi connectivity index (χ0) is 18.4. The molecule has 0 unspecified atom stereocenters. The fourth-order valence-electron chi connectivity index (χ4n) is 2.66. The number of para-hydroxylation sites is 1. The third-order valence-electron chi connectivity index (χ3n) is 4.03. The summed E-state index contributed by atoms with van der Waals surface area (Å²) in [5, 5.41) is 9.40. The molecule has 0 saturated heterocycles. The molecule has 7 heteroatoms. The van der Waals surface area contributed by atoms with Crippen LogP contribution in [0.25, 0.3) is 17.1 Å². The molecule has 3 aromatic rings. The van der Waals surface area contributed by atoms with Gasteiger partial charge < -0.3 is 4.90 Å². The zero-order valence-corrected chi connectivity index (χ0v) is 15.7. The van der Waals surface area contributed by atoms with E-state index >= 15 is 0 Å². The molecule has 2 heterocycles. The molecular weight excluding hydrogens is 346 g/mol. The van der Waals surface area contributed by atoms with Crippen LogP contribution in [0.2, 0.25) is 0 Å². The van der Waals surface area contributed by atoms with Crippen LogP contribution >= 0.6 is 11.8 Å². The highest BCUT2D eigenvalue weighted by Gasteiger charge is 2.18. The van der Waals surface area contributed by atoms with E-state index in [1.54, 1.807) is 12.4 Å². The van der Waals surface area contributed by atoms with Gasteiger partial charge in [0.25, 0.3) is 0 Å². The molecule has 134 valence electrons. The van der Waals surface area contributed by atoms with Crippen LogP contribution in [0.4, 0.5) is 0 Å². The van der Waals surface area contributed by atoms with Gasteiger partial charge in [0.1, 0.15) is 0 Å². The van der Waals surface area contributed by atoms with Crippen molar-refractivity contribution >= 4 is 17.7 Å². The molecule has 0 radical (unpaired) electrons. The number of hydrogen-bond donors (Lipinski definition) is 0. The third-order valence-corrected chi connectivity index (χ3v) is 4.94. The van der Waals surface area contributed by atoms with Crippen molar-refractivity contribution in [1.82, 2.24) is 24.6 Å². The number of nitrogens with zero attached hydrogens (tertiary/aromatic N) is 5. The van der Waals surface area contributed by atoms with Crippen molar-refractivity contribution in [1.29, 1.82) is 0 Å². The molecule has 1 amide bonds. The lowest BCUT2D eigenvalue weighted by Crippen LogP contribution is -2.31. The molecule has 0 aliphatic carbocycles. The van der Waals surface area contributed by atoms with E-state index in [2.05, 4.69) is 15.2 Å². The highest BCUT2D eigenvalue weighted by molar-refractivity contribution is 7.99. The van der Waals surface area contributed by atoms with Crippen LogP contribution in [0, 0.1) is 0 Å². The SMILES string of the molecule is CCN(CC)C(=O)CSc1nnc(-c2ccncc2)n1-c1ccccc1. The average Bonchev–Trinajstić information content (AvgIpc) is 3.12. The van der Waals surface area contributed by atoms with Gasteiger partial charge in [-0.2, -0.15) is 0 Å². The lowest BCUT2D eigenvalue weighted by atomic mass is 10.2. The summed E-state index contributed by atoms with van der Waals surface area (Å²) >= 11 is 1.41. The van der Waals surface area contributed by atoms with Gasteiger partial charge in [-0.1, -0.05) is 30.0 Å². The van der Waals surface area contributed by atoms with E-state index in [1.807, 2.05) is 65.8 Å². The van der Waals surface area contributed by atoms with Gasteiger partial charge in [0.05, 0.1) is 5.75 Å². The van der Waals surface area contributed by atoms with E-state index < -0.39 is 0 Å². The van der Waals surface area contributed by atoms with Crippen LogP contribution in [0.15, 0.2) is 60.0 Å². The Morgan fingerprint density at radius 3 is 2.38 bits per heavy atom. The smallest absolute Gasteiger partial charge is 0.233 e. The van der Waals surface area contributed by atoms with Crippen LogP contribution < -0.4 is 0 Å². The first-order valence-corrected chi connectivity index (χ1v) is 9.55. The van der Waals surface area contributed by atoms with Gasteiger partial charge in [-0.15, -0.1) is 10.2 Å². The molecule has 0 atom stereocenters. The van der Waals surface area contributed by atoms with Crippen molar-refractivity contribution in [2.75, 3.05) is 18.8 Å². The predicted octanol–water partition coefficient (Wildman–Crippen LogP) is 3.29. The quantitative estimate of drug-likeness (QED) is 0.600. The van der Waals surface area contributed by atoms with Gasteiger partial charge in [0, 0.05) is 36.7 Å². The number of amides is 1. The number of pyridine rings is 1. The zero-order valence-electron chi connectivity index (χ0n) is 14.9. The summed E-state index contributed by atoms with van der Waals surface area (Å²) in [6.07, 6.45) is 3.46. The number of benzene rings is 1. The summed E-state index contributed by atoms with van der Waals surface area (Å²) in [6.45, 7) is 5.40. The van der Waals surface area contributed by atoms with Gasteiger partial charge in [0.15, 0.2) is 11.0 Å². The summed E-state index contributed by atoms with van der Waals surface area (Å²) in [7, 11) is 0. The number of carbonyl (C=O) groups excluding carboxylic acids is 1. The maximum atomic E-state index is 12.3. The van der Waals surface area contributed by atoms with Crippen molar-refractivity contribution in [3.8, 4) is 17.1 Å². The van der Waals surface area contributed by atoms with Gasteiger partial charge in [0.2, 0.25) is 5.91 Å². The number of aromatic nitrogens is 4. The molecule has 3 rings (SSSR count). The first-order valence-electron chi connectivity index (χ1n) is 8.56. The number of rotatable bonds is 7. The van der Waals surface area contributed by atoms with E-state index in [1.165, 1.54) is 11.8 Å². The van der Waals surface area contributed by atoms with Crippen molar-refractivity contribution in [3.63, 3.8) is 0 Å². The second-order valence-electron chi connectivity index (χ2n) is 5.57. The standard InChI is InChI=1S/C19H21N5OS/c1-3-23(4-2)17(25)14-26-19-22-21-18(15-10-12-20-13-11-15)24(19)16-8-6-5-7-9-16/h5-13H,3-4,14H2,1-2H3. The molecule has 0 fully saturated rings. The van der Waals surface area contributed by atoms with Crippen LogP contribution in [-0.2, 0) is 4.79 Å². The highest BCUT2D eigenvalue weighted by Crippen LogP contribution is 2.27. The van der Waals surface area contributed by atoms with Crippen molar-refractivity contribution in [2.45, 2.75) is 19.0 Å². The van der Waals surface area contributed by atoms with Crippen LogP contribution in [0.3, 0.4) is 0 Å². The minimum atomic E-state index is 0.105. The van der Waals surface area contributed by atoms with Gasteiger partial charge in [-0.3, -0.25) is 14.3 Å². The summed E-state index contributed by atoms with van der Waals surface area (Å²) < 4.78 is 1.98. The Morgan fingerprint density at radius 2 is 1.73 bits per heavy atom. The summed E-state index contributed by atoms with van der Waals surface area (Å²) in [5.74, 6) is 1.17. The van der Waals surface area contributed by atoms with E-state index in [-0.39, 0.29) is 5.91 Å². The van der Waals surface area contributed by atoms with E-state index in [0.717, 1.165) is 17.1 Å². The number of hydrogen-bond acceptors (Lipinski definition) is 5. The van der Waals surface area contributed by atoms with E-state index in [9.17, 15) is 4.79 Å². The summed E-state index contributed by atoms with van der Waals surface area (Å²) in [4.78, 5) is 18.2. The minimum absolute atomic E-state index is 0.105. The summed E-state index contributed by atoms with van der Waals surface area (Å²) in [6, 6.07) is 13.7. The Hall–Kier alpha value is -2.67. The average molecular weight is 367 g/mol. The predicted molar refractivity (Wildman–Crippen MR) is 103 cm³/mol. The maximum absolute atomic E-state index is 12.3. The molecule has 0 aliphatic rings. The molecule has 26 heavy (non-hydrogen) atoms. The van der Waals surface area contributed by atoms with Gasteiger partial charge >= 0.3 is 0 Å². The fourth-order valence-corrected chi connectivity index (χ4v) is 3.51. The first kappa shape index (κ1) is 18.1. The van der Waals surface area contributed by atoms with Crippen molar-refractivity contribution in [2.24, 2.45) is 0 Å². The van der Waals surface area contributed by atoms with Crippen LogP contribution in [0.5, 0.6) is 0 Å². The normalized spacial score (nSPS) is 10.7. The molecule has 6 nitrogen and oxygen atoms in total. The second kappa shape index (κ2) is 8.62.